The number of benzene rings is 1. The lowest BCUT2D eigenvalue weighted by atomic mass is 9.97. The van der Waals surface area contributed by atoms with Crippen LogP contribution in [0.15, 0.2) is 29.1 Å². The molecule has 0 aliphatic carbocycles. The third-order valence-corrected chi connectivity index (χ3v) is 2.69. The molecule has 0 saturated carbocycles. The van der Waals surface area contributed by atoms with Crippen molar-refractivity contribution in [3.63, 3.8) is 0 Å². The first-order valence-corrected chi connectivity index (χ1v) is 5.05. The first-order chi connectivity index (χ1) is 8.00. The maximum Gasteiger partial charge on any atom is 0.310 e. The predicted molar refractivity (Wildman–Crippen MR) is 60.6 cm³/mol. The van der Waals surface area contributed by atoms with Crippen molar-refractivity contribution in [2.75, 3.05) is 0 Å². The zero-order valence-electron chi connectivity index (χ0n) is 9.03. The van der Waals surface area contributed by atoms with Gasteiger partial charge in [0.25, 0.3) is 0 Å². The Hall–Kier alpha value is -2.17. The number of carbonyl (C=O) groups is 1. The molecule has 2 rings (SSSR count). The normalized spacial score (nSPS) is 12.6. The van der Waals surface area contributed by atoms with Gasteiger partial charge in [-0.1, -0.05) is 0 Å². The van der Waals surface area contributed by atoms with Gasteiger partial charge in [0.05, 0.1) is 11.4 Å². The van der Waals surface area contributed by atoms with E-state index in [1.807, 2.05) is 0 Å². The SMILES string of the molecule is CC(C(=O)O)c1c(F)ccc2ccc(=O)[nH]c12. The number of aromatic amines is 1. The van der Waals surface area contributed by atoms with E-state index < -0.39 is 17.7 Å². The number of carboxylic acid groups (broad SMARTS) is 1. The number of H-pyrrole nitrogens is 1. The average molecular weight is 235 g/mol. The molecule has 2 aromatic rings. The third-order valence-electron chi connectivity index (χ3n) is 2.69. The van der Waals surface area contributed by atoms with Gasteiger partial charge in [-0.15, -0.1) is 0 Å². The van der Waals surface area contributed by atoms with Gasteiger partial charge in [0, 0.05) is 11.6 Å². The monoisotopic (exact) mass is 235 g/mol. The fraction of sp³-hybridized carbons (Fsp3) is 0.167. The number of rotatable bonds is 2. The van der Waals surface area contributed by atoms with Crippen molar-refractivity contribution in [1.29, 1.82) is 0 Å². The molecule has 1 heterocycles. The number of pyridine rings is 1. The van der Waals surface area contributed by atoms with Gasteiger partial charge in [-0.2, -0.15) is 0 Å². The number of hydrogen-bond donors (Lipinski definition) is 2. The van der Waals surface area contributed by atoms with E-state index in [9.17, 15) is 14.0 Å². The molecule has 0 saturated heterocycles. The van der Waals surface area contributed by atoms with E-state index in [1.165, 1.54) is 31.2 Å². The van der Waals surface area contributed by atoms with Crippen LogP contribution in [-0.4, -0.2) is 16.1 Å². The van der Waals surface area contributed by atoms with Crippen LogP contribution in [0.2, 0.25) is 0 Å². The second-order valence-corrected chi connectivity index (χ2v) is 3.81. The van der Waals surface area contributed by atoms with Crippen LogP contribution in [0, 0.1) is 5.82 Å². The molecule has 0 amide bonds. The highest BCUT2D eigenvalue weighted by molar-refractivity contribution is 5.87. The summed E-state index contributed by atoms with van der Waals surface area (Å²) in [6.07, 6.45) is 0. The number of hydrogen-bond acceptors (Lipinski definition) is 2. The molecule has 0 spiro atoms. The number of nitrogens with one attached hydrogen (secondary N) is 1. The van der Waals surface area contributed by atoms with Crippen molar-refractivity contribution in [3.8, 4) is 0 Å². The standard InChI is InChI=1S/C12H10FNO3/c1-6(12(16)17)10-8(13)4-2-7-3-5-9(15)14-11(7)10/h2-6H,1H3,(H,14,15)(H,16,17). The van der Waals surface area contributed by atoms with E-state index in [1.54, 1.807) is 0 Å². The summed E-state index contributed by atoms with van der Waals surface area (Å²) < 4.78 is 13.7. The molecule has 0 aliphatic rings. The van der Waals surface area contributed by atoms with Crippen LogP contribution in [0.3, 0.4) is 0 Å². The minimum Gasteiger partial charge on any atom is -0.481 e. The zero-order valence-corrected chi connectivity index (χ0v) is 9.03. The summed E-state index contributed by atoms with van der Waals surface area (Å²) in [5.74, 6) is -2.79. The quantitative estimate of drug-likeness (QED) is 0.834. The summed E-state index contributed by atoms with van der Waals surface area (Å²) >= 11 is 0. The number of carboxylic acids is 1. The zero-order chi connectivity index (χ0) is 12.6. The van der Waals surface area contributed by atoms with Gasteiger partial charge >= 0.3 is 5.97 Å². The van der Waals surface area contributed by atoms with Gasteiger partial charge in [-0.3, -0.25) is 9.59 Å². The molecule has 1 aromatic heterocycles. The highest BCUT2D eigenvalue weighted by atomic mass is 19.1. The van der Waals surface area contributed by atoms with Gasteiger partial charge in [-0.05, 0) is 30.5 Å². The Morgan fingerprint density at radius 2 is 2.00 bits per heavy atom. The molecule has 0 aliphatic heterocycles. The average Bonchev–Trinajstić information content (AvgIpc) is 2.27. The van der Waals surface area contributed by atoms with Gasteiger partial charge in [0.15, 0.2) is 0 Å². The van der Waals surface area contributed by atoms with Crippen LogP contribution in [0.1, 0.15) is 18.4 Å². The smallest absolute Gasteiger partial charge is 0.310 e. The largest absolute Gasteiger partial charge is 0.481 e. The fourth-order valence-corrected chi connectivity index (χ4v) is 1.77. The maximum atomic E-state index is 13.7. The molecule has 0 bridgehead atoms. The van der Waals surface area contributed by atoms with Crippen molar-refractivity contribution in [1.82, 2.24) is 4.98 Å². The molecular weight excluding hydrogens is 225 g/mol. The summed E-state index contributed by atoms with van der Waals surface area (Å²) in [5, 5.41) is 9.54. The van der Waals surface area contributed by atoms with Gasteiger partial charge in [0.1, 0.15) is 5.82 Å². The van der Waals surface area contributed by atoms with Crippen LogP contribution in [-0.2, 0) is 4.79 Å². The number of halogens is 1. The van der Waals surface area contributed by atoms with E-state index in [0.717, 1.165) is 0 Å². The van der Waals surface area contributed by atoms with E-state index in [0.29, 0.717) is 5.39 Å². The highest BCUT2D eigenvalue weighted by Gasteiger charge is 2.21. The Labute approximate surface area is 95.7 Å². The maximum absolute atomic E-state index is 13.7. The Morgan fingerprint density at radius 3 is 2.65 bits per heavy atom. The van der Waals surface area contributed by atoms with Crippen LogP contribution in [0.5, 0.6) is 0 Å². The molecule has 4 nitrogen and oxygen atoms in total. The van der Waals surface area contributed by atoms with E-state index in [2.05, 4.69) is 4.98 Å². The Morgan fingerprint density at radius 1 is 1.35 bits per heavy atom. The molecule has 1 atom stereocenters. The molecule has 2 N–H and O–H groups in total. The van der Waals surface area contributed by atoms with Crippen LogP contribution in [0.4, 0.5) is 4.39 Å². The van der Waals surface area contributed by atoms with Crippen molar-refractivity contribution in [2.45, 2.75) is 12.8 Å². The molecule has 1 aromatic carbocycles. The topological polar surface area (TPSA) is 70.2 Å². The summed E-state index contributed by atoms with van der Waals surface area (Å²) in [4.78, 5) is 24.6. The highest BCUT2D eigenvalue weighted by Crippen LogP contribution is 2.26. The molecular formula is C12H10FNO3. The lowest BCUT2D eigenvalue weighted by molar-refractivity contribution is -0.138. The molecule has 5 heteroatoms. The van der Waals surface area contributed by atoms with Crippen LogP contribution >= 0.6 is 0 Å². The molecule has 0 radical (unpaired) electrons. The van der Waals surface area contributed by atoms with Gasteiger partial charge < -0.3 is 10.1 Å². The minimum atomic E-state index is -1.14. The van der Waals surface area contributed by atoms with Crippen molar-refractivity contribution in [3.05, 3.63) is 46.0 Å². The Bertz CT molecular complexity index is 648. The van der Waals surface area contributed by atoms with Gasteiger partial charge in [0.2, 0.25) is 5.56 Å². The van der Waals surface area contributed by atoms with Crippen molar-refractivity contribution < 1.29 is 14.3 Å². The number of aromatic nitrogens is 1. The third kappa shape index (κ3) is 1.91. The van der Waals surface area contributed by atoms with E-state index >= 15 is 0 Å². The number of aliphatic carboxylic acids is 1. The van der Waals surface area contributed by atoms with Crippen molar-refractivity contribution >= 4 is 16.9 Å². The fourth-order valence-electron chi connectivity index (χ4n) is 1.77. The van der Waals surface area contributed by atoms with E-state index in [4.69, 9.17) is 5.11 Å². The summed E-state index contributed by atoms with van der Waals surface area (Å²) in [6.45, 7) is 1.38. The van der Waals surface area contributed by atoms with Crippen LogP contribution < -0.4 is 5.56 Å². The number of fused-ring (bicyclic) bond motifs is 1. The van der Waals surface area contributed by atoms with E-state index in [-0.39, 0.29) is 16.6 Å². The second kappa shape index (κ2) is 4.01. The Balaban J connectivity index is 2.83. The molecule has 17 heavy (non-hydrogen) atoms. The second-order valence-electron chi connectivity index (χ2n) is 3.81. The predicted octanol–water partition coefficient (Wildman–Crippen LogP) is 1.86. The lowest BCUT2D eigenvalue weighted by Gasteiger charge is -2.11. The summed E-state index contributed by atoms with van der Waals surface area (Å²) in [7, 11) is 0. The summed E-state index contributed by atoms with van der Waals surface area (Å²) in [5.41, 5.74) is -0.137. The Kier molecular flexibility index (Phi) is 2.67. The molecule has 88 valence electrons. The summed E-state index contributed by atoms with van der Waals surface area (Å²) in [6, 6.07) is 5.55. The lowest BCUT2D eigenvalue weighted by Crippen LogP contribution is -2.13. The van der Waals surface area contributed by atoms with Crippen molar-refractivity contribution in [2.24, 2.45) is 0 Å². The van der Waals surface area contributed by atoms with Crippen LogP contribution in [0.25, 0.3) is 10.9 Å². The first-order valence-electron chi connectivity index (χ1n) is 5.05. The van der Waals surface area contributed by atoms with Gasteiger partial charge in [-0.25, -0.2) is 4.39 Å². The minimum absolute atomic E-state index is 0.00713. The molecule has 1 unspecified atom stereocenters. The first kappa shape index (κ1) is 11.3. The molecule has 0 fully saturated rings.